The van der Waals surface area contributed by atoms with Gasteiger partial charge in [-0.2, -0.15) is 0 Å². The smallest absolute Gasteiger partial charge is 0.366 e. The number of methoxy groups -OCH3 is 1. The van der Waals surface area contributed by atoms with Gasteiger partial charge in [0.05, 0.1) is 26.7 Å². The summed E-state index contributed by atoms with van der Waals surface area (Å²) in [6, 6.07) is 7.76. The normalized spacial score (nSPS) is 29.4. The van der Waals surface area contributed by atoms with E-state index >= 15 is 0 Å². The topological polar surface area (TPSA) is 165 Å². The van der Waals surface area contributed by atoms with Gasteiger partial charge in [-0.15, -0.1) is 0 Å². The molecule has 0 bridgehead atoms. The van der Waals surface area contributed by atoms with Gasteiger partial charge in [0, 0.05) is 18.8 Å². The molecule has 2 saturated heterocycles. The minimum Gasteiger partial charge on any atom is -0.465 e. The van der Waals surface area contributed by atoms with E-state index in [1.165, 1.54) is 13.8 Å². The van der Waals surface area contributed by atoms with Gasteiger partial charge in [-0.25, -0.2) is 4.79 Å². The summed E-state index contributed by atoms with van der Waals surface area (Å²) < 4.78 is 39.8. The van der Waals surface area contributed by atoms with Crippen molar-refractivity contribution in [3.63, 3.8) is 0 Å². The summed E-state index contributed by atoms with van der Waals surface area (Å²) in [5.41, 5.74) is 10.0. The highest BCUT2D eigenvalue weighted by Crippen LogP contribution is 2.40. The zero-order valence-corrected chi connectivity index (χ0v) is 21.3. The first-order chi connectivity index (χ1) is 17.5. The quantitative estimate of drug-likeness (QED) is 0.155. The van der Waals surface area contributed by atoms with Crippen molar-refractivity contribution in [1.29, 1.82) is 0 Å². The molecule has 2 heterocycles. The van der Waals surface area contributed by atoms with Crippen molar-refractivity contribution in [2.75, 3.05) is 13.7 Å². The van der Waals surface area contributed by atoms with Crippen LogP contribution in [0, 0.1) is 0 Å². The lowest BCUT2D eigenvalue weighted by Gasteiger charge is -2.47. The zero-order valence-electron chi connectivity index (χ0n) is 21.3. The number of carbonyl (C=O) groups excluding carboxylic acids is 3. The Morgan fingerprint density at radius 2 is 1.86 bits per heavy atom. The molecule has 0 radical (unpaired) electrons. The molecule has 2 aliphatic rings. The van der Waals surface area contributed by atoms with Crippen molar-refractivity contribution in [3.05, 3.63) is 46.3 Å². The molecule has 1 aromatic carbocycles. The fourth-order valence-electron chi connectivity index (χ4n) is 4.36. The number of rotatable bonds is 9. The lowest BCUT2D eigenvalue weighted by Crippen LogP contribution is -2.64. The first-order valence-corrected chi connectivity index (χ1v) is 11.6. The van der Waals surface area contributed by atoms with Crippen molar-refractivity contribution in [3.8, 4) is 0 Å². The van der Waals surface area contributed by atoms with Gasteiger partial charge >= 0.3 is 17.9 Å². The number of carbonyl (C=O) groups is 3. The Bertz CT molecular complexity index is 1030. The van der Waals surface area contributed by atoms with Gasteiger partial charge in [-0.3, -0.25) is 9.59 Å². The van der Waals surface area contributed by atoms with E-state index in [1.54, 1.807) is 38.1 Å². The van der Waals surface area contributed by atoms with Gasteiger partial charge < -0.3 is 33.2 Å². The van der Waals surface area contributed by atoms with Gasteiger partial charge in [0.25, 0.3) is 5.79 Å². The maximum atomic E-state index is 13.1. The molecule has 3 rings (SSSR count). The molecule has 2 aliphatic heterocycles. The average Bonchev–Trinajstić information content (AvgIpc) is 3.21. The molecule has 0 aliphatic carbocycles. The molecule has 0 N–H and O–H groups in total. The third-order valence-electron chi connectivity index (χ3n) is 5.85. The molecular weight excluding hydrogens is 490 g/mol. The highest BCUT2D eigenvalue weighted by Gasteiger charge is 2.59. The minimum atomic E-state index is -2.11. The Balaban J connectivity index is 2.08. The van der Waals surface area contributed by atoms with Crippen molar-refractivity contribution in [2.45, 2.75) is 82.8 Å². The Kier molecular flexibility index (Phi) is 9.11. The van der Waals surface area contributed by atoms with E-state index in [0.29, 0.717) is 0 Å². The van der Waals surface area contributed by atoms with E-state index in [2.05, 4.69) is 10.0 Å². The summed E-state index contributed by atoms with van der Waals surface area (Å²) in [4.78, 5) is 40.1. The highest BCUT2D eigenvalue weighted by atomic mass is 16.8. The monoisotopic (exact) mass is 521 g/mol. The molecule has 202 valence electrons. The predicted octanol–water partition coefficient (Wildman–Crippen LogP) is 2.56. The summed E-state index contributed by atoms with van der Waals surface area (Å²) in [6.07, 6.45) is -5.02. The van der Waals surface area contributed by atoms with Gasteiger partial charge in [-0.05, 0) is 24.9 Å². The highest BCUT2D eigenvalue weighted by molar-refractivity contribution is 5.78. The summed E-state index contributed by atoms with van der Waals surface area (Å²) in [7, 11) is 1.15. The van der Waals surface area contributed by atoms with Crippen molar-refractivity contribution >= 4 is 17.9 Å². The predicted molar refractivity (Wildman–Crippen MR) is 124 cm³/mol. The van der Waals surface area contributed by atoms with Gasteiger partial charge in [0.1, 0.15) is 24.4 Å². The molecule has 0 aromatic heterocycles. The van der Waals surface area contributed by atoms with Crippen molar-refractivity contribution in [2.24, 2.45) is 5.11 Å². The zero-order chi connectivity index (χ0) is 27.2. The number of benzene rings is 1. The van der Waals surface area contributed by atoms with E-state index < -0.39 is 59.9 Å². The number of ether oxygens (including phenoxy) is 7. The third kappa shape index (κ3) is 6.96. The maximum Gasteiger partial charge on any atom is 0.366 e. The van der Waals surface area contributed by atoms with Crippen LogP contribution in [0.1, 0.15) is 39.7 Å². The van der Waals surface area contributed by atoms with Crippen LogP contribution in [0.2, 0.25) is 0 Å². The number of azide groups is 1. The number of hydrogen-bond donors (Lipinski definition) is 0. The summed E-state index contributed by atoms with van der Waals surface area (Å²) in [5.74, 6) is -5.43. The second-order valence-corrected chi connectivity index (χ2v) is 9.09. The van der Waals surface area contributed by atoms with Crippen molar-refractivity contribution in [1.82, 2.24) is 0 Å². The van der Waals surface area contributed by atoms with Crippen LogP contribution in [-0.4, -0.2) is 73.7 Å². The van der Waals surface area contributed by atoms with E-state index in [4.69, 9.17) is 33.2 Å². The summed E-state index contributed by atoms with van der Waals surface area (Å²) >= 11 is 0. The van der Waals surface area contributed by atoms with E-state index in [1.807, 2.05) is 6.07 Å². The molecular formula is C24H31N3O10. The third-order valence-corrected chi connectivity index (χ3v) is 5.85. The minimum absolute atomic E-state index is 0.00211. The van der Waals surface area contributed by atoms with E-state index in [-0.39, 0.29) is 19.6 Å². The molecule has 0 amide bonds. The molecule has 37 heavy (non-hydrogen) atoms. The molecule has 0 saturated carbocycles. The molecule has 13 heteroatoms. The van der Waals surface area contributed by atoms with Crippen molar-refractivity contribution < 1.29 is 47.5 Å². The van der Waals surface area contributed by atoms with Gasteiger partial charge in [0.15, 0.2) is 11.9 Å². The number of esters is 3. The van der Waals surface area contributed by atoms with Gasteiger partial charge in [-0.1, -0.05) is 35.4 Å². The van der Waals surface area contributed by atoms with E-state index in [9.17, 15) is 19.9 Å². The average molecular weight is 522 g/mol. The summed E-state index contributed by atoms with van der Waals surface area (Å²) in [6.45, 7) is 5.63. The molecule has 2 fully saturated rings. The van der Waals surface area contributed by atoms with Crippen LogP contribution in [0.4, 0.5) is 0 Å². The first kappa shape index (κ1) is 28.4. The lowest BCUT2D eigenvalue weighted by atomic mass is 9.88. The number of nitrogens with zero attached hydrogens (tertiary/aromatic N) is 3. The Morgan fingerprint density at radius 3 is 2.41 bits per heavy atom. The Labute approximate surface area is 213 Å². The fraction of sp³-hybridized carbons (Fsp3) is 0.625. The molecule has 0 unspecified atom stereocenters. The largest absolute Gasteiger partial charge is 0.465 e. The molecule has 13 nitrogen and oxygen atoms in total. The molecule has 1 aromatic rings. The fourth-order valence-corrected chi connectivity index (χ4v) is 4.36. The van der Waals surface area contributed by atoms with E-state index in [0.717, 1.165) is 12.7 Å². The molecule has 6 atom stereocenters. The van der Waals surface area contributed by atoms with Crippen LogP contribution in [-0.2, 0) is 54.1 Å². The van der Waals surface area contributed by atoms with Crippen LogP contribution in [0.3, 0.4) is 0 Å². The second kappa shape index (κ2) is 11.9. The number of hydrogen-bond acceptors (Lipinski definition) is 11. The summed E-state index contributed by atoms with van der Waals surface area (Å²) in [5, 5.41) is 3.79. The van der Waals surface area contributed by atoms with Crippen LogP contribution < -0.4 is 0 Å². The van der Waals surface area contributed by atoms with Crippen LogP contribution in [0.5, 0.6) is 0 Å². The maximum absolute atomic E-state index is 13.1. The Morgan fingerprint density at radius 1 is 1.16 bits per heavy atom. The van der Waals surface area contributed by atoms with Crippen LogP contribution in [0.15, 0.2) is 35.4 Å². The lowest BCUT2D eigenvalue weighted by molar-refractivity contribution is -0.315. The molecule has 0 spiro atoms. The SMILES string of the molecule is COC(=O)[C@@]1(OCc2ccccc2)C[C@H](OC(C)=O)[C@@H](N=[N+]=[N-])[C@H]([C@H](OC(C)=O)[C@H]2COC(C)(C)O2)O1. The first-order valence-electron chi connectivity index (χ1n) is 11.6. The van der Waals surface area contributed by atoms with Crippen LogP contribution in [0.25, 0.3) is 10.4 Å². The standard InChI is InChI=1S/C24H31N3O10/c1-14(28)34-17-11-24(22(30)31-5,33-12-16-9-7-6-8-10-16)37-21(19(17)26-27-25)20(35-15(2)29)18-13-32-23(3,4)36-18/h6-10,17-21H,11-13H2,1-5H3/t17-,18+,19+,20+,21+,24+/m0/s1. The Hall–Kier alpha value is -3.22. The van der Waals surface area contributed by atoms with Crippen LogP contribution >= 0.6 is 0 Å². The second-order valence-electron chi connectivity index (χ2n) is 9.09. The van der Waals surface area contributed by atoms with Gasteiger partial charge in [0.2, 0.25) is 0 Å².